The first kappa shape index (κ1) is 15.1. The zero-order valence-corrected chi connectivity index (χ0v) is 13.7. The van der Waals surface area contributed by atoms with Gasteiger partial charge in [-0.25, -0.2) is 0 Å². The Kier molecular flexibility index (Phi) is 4.75. The van der Waals surface area contributed by atoms with Crippen LogP contribution in [0.1, 0.15) is 21.4 Å². The molecule has 1 aromatic carbocycles. The number of amidine groups is 1. The van der Waals surface area contributed by atoms with Gasteiger partial charge in [0.1, 0.15) is 11.6 Å². The van der Waals surface area contributed by atoms with Crippen LogP contribution in [0.4, 0.5) is 0 Å². The van der Waals surface area contributed by atoms with Crippen LogP contribution >= 0.6 is 11.3 Å². The number of benzene rings is 1. The Hall–Kier alpha value is -1.85. The van der Waals surface area contributed by atoms with Crippen LogP contribution in [0.15, 0.2) is 41.4 Å². The molecule has 3 rings (SSSR count). The highest BCUT2D eigenvalue weighted by Gasteiger charge is 2.22. The molecule has 1 aliphatic rings. The number of aryl methyl sites for hydroxylation is 1. The molecular weight excluding hydrogens is 294 g/mol. The van der Waals surface area contributed by atoms with Gasteiger partial charge in [-0.2, -0.15) is 0 Å². The van der Waals surface area contributed by atoms with Crippen molar-refractivity contribution in [3.63, 3.8) is 0 Å². The van der Waals surface area contributed by atoms with Gasteiger partial charge in [0.25, 0.3) is 0 Å². The van der Waals surface area contributed by atoms with Crippen molar-refractivity contribution in [2.24, 2.45) is 4.99 Å². The van der Waals surface area contributed by atoms with Gasteiger partial charge >= 0.3 is 0 Å². The Morgan fingerprint density at radius 1 is 1.32 bits per heavy atom. The minimum absolute atomic E-state index is 0.169. The Labute approximate surface area is 135 Å². The first-order chi connectivity index (χ1) is 10.8. The lowest BCUT2D eigenvalue weighted by atomic mass is 10.1. The summed E-state index contributed by atoms with van der Waals surface area (Å²) in [7, 11) is 1.70. The molecule has 2 N–H and O–H groups in total. The maximum atomic E-state index is 5.41. The molecule has 0 saturated heterocycles. The number of rotatable bonds is 4. The molecule has 1 unspecified atom stereocenters. The fourth-order valence-electron chi connectivity index (χ4n) is 2.61. The fraction of sp³-hybridized carbons (Fsp3) is 0.353. The highest BCUT2D eigenvalue weighted by Crippen LogP contribution is 2.25. The summed E-state index contributed by atoms with van der Waals surface area (Å²) in [6.07, 6.45) is 0. The third-order valence-electron chi connectivity index (χ3n) is 3.71. The van der Waals surface area contributed by atoms with Crippen molar-refractivity contribution in [2.45, 2.75) is 19.5 Å². The molecule has 1 atom stereocenters. The van der Waals surface area contributed by atoms with E-state index < -0.39 is 0 Å². The van der Waals surface area contributed by atoms with E-state index in [0.717, 1.165) is 30.2 Å². The summed E-state index contributed by atoms with van der Waals surface area (Å²) in [5.74, 6) is 1.92. The van der Waals surface area contributed by atoms with Crippen molar-refractivity contribution in [1.29, 1.82) is 0 Å². The largest absolute Gasteiger partial charge is 0.496 e. The average Bonchev–Trinajstić information content (AvgIpc) is 3.00. The second-order valence-corrected chi connectivity index (χ2v) is 6.59. The lowest BCUT2D eigenvalue weighted by Crippen LogP contribution is -2.41. The number of ether oxygens (including phenoxy) is 1. The van der Waals surface area contributed by atoms with Gasteiger partial charge in [-0.3, -0.25) is 4.99 Å². The molecule has 1 aliphatic heterocycles. The first-order valence-electron chi connectivity index (χ1n) is 7.48. The number of hydrogen-bond acceptors (Lipinski definition) is 5. The van der Waals surface area contributed by atoms with E-state index in [1.54, 1.807) is 7.11 Å². The first-order valence-corrected chi connectivity index (χ1v) is 8.29. The number of nitrogens with zero attached hydrogens (tertiary/aromatic N) is 1. The Morgan fingerprint density at radius 3 is 2.95 bits per heavy atom. The van der Waals surface area contributed by atoms with Gasteiger partial charge in [0.15, 0.2) is 0 Å². The molecule has 5 heteroatoms. The topological polar surface area (TPSA) is 45.6 Å². The van der Waals surface area contributed by atoms with Crippen LogP contribution in [0.5, 0.6) is 5.75 Å². The van der Waals surface area contributed by atoms with Crippen LogP contribution in [-0.2, 0) is 6.54 Å². The molecule has 1 aromatic heterocycles. The van der Waals surface area contributed by atoms with Gasteiger partial charge in [0.2, 0.25) is 0 Å². The average molecular weight is 315 g/mol. The van der Waals surface area contributed by atoms with Crippen LogP contribution in [0.2, 0.25) is 0 Å². The number of hydrogen-bond donors (Lipinski definition) is 2. The van der Waals surface area contributed by atoms with E-state index in [1.807, 2.05) is 29.5 Å². The summed E-state index contributed by atoms with van der Waals surface area (Å²) in [6, 6.07) is 12.6. The summed E-state index contributed by atoms with van der Waals surface area (Å²) in [4.78, 5) is 7.31. The molecule has 0 radical (unpaired) electrons. The van der Waals surface area contributed by atoms with E-state index in [9.17, 15) is 0 Å². The molecule has 0 aliphatic carbocycles. The van der Waals surface area contributed by atoms with Crippen molar-refractivity contribution < 1.29 is 4.74 Å². The zero-order valence-electron chi connectivity index (χ0n) is 12.9. The molecule has 2 aromatic rings. The smallest absolute Gasteiger partial charge is 0.123 e. The standard InChI is InChI=1S/C17H21N3OS/c1-12-7-8-15(22-12)16-17(19-10-9-18-16)20-11-13-5-3-4-6-14(13)21-2/h3-8,16,18H,9-11H2,1-2H3,(H,19,20). The minimum atomic E-state index is 0.169. The zero-order chi connectivity index (χ0) is 15.4. The van der Waals surface area contributed by atoms with Gasteiger partial charge in [0, 0.05) is 28.4 Å². The van der Waals surface area contributed by atoms with Gasteiger partial charge in [-0.15, -0.1) is 11.3 Å². The molecule has 0 spiro atoms. The van der Waals surface area contributed by atoms with E-state index in [-0.39, 0.29) is 6.04 Å². The van der Waals surface area contributed by atoms with Crippen LogP contribution in [0.25, 0.3) is 0 Å². The van der Waals surface area contributed by atoms with E-state index in [4.69, 9.17) is 4.74 Å². The van der Waals surface area contributed by atoms with E-state index in [0.29, 0.717) is 6.54 Å². The lowest BCUT2D eigenvalue weighted by molar-refractivity contribution is 0.409. The quantitative estimate of drug-likeness (QED) is 0.912. The number of methoxy groups -OCH3 is 1. The third-order valence-corrected chi connectivity index (χ3v) is 4.78. The van der Waals surface area contributed by atoms with Crippen LogP contribution in [0.3, 0.4) is 0 Å². The Bertz CT molecular complexity index is 665. The molecule has 22 heavy (non-hydrogen) atoms. The van der Waals surface area contributed by atoms with Crippen LogP contribution < -0.4 is 15.4 Å². The summed E-state index contributed by atoms with van der Waals surface area (Å²) >= 11 is 1.82. The molecular formula is C17H21N3OS. The Morgan fingerprint density at radius 2 is 2.18 bits per heavy atom. The van der Waals surface area contributed by atoms with Crippen molar-refractivity contribution in [2.75, 3.05) is 20.2 Å². The lowest BCUT2D eigenvalue weighted by Gasteiger charge is -2.25. The number of aliphatic imine (C=N–C) groups is 1. The van der Waals surface area contributed by atoms with Gasteiger partial charge in [-0.1, -0.05) is 18.2 Å². The fourth-order valence-corrected chi connectivity index (χ4v) is 3.57. The summed E-state index contributed by atoms with van der Waals surface area (Å²) in [5.41, 5.74) is 1.14. The second-order valence-electron chi connectivity index (χ2n) is 5.27. The SMILES string of the molecule is COc1ccccc1CNC1=NCCNC1c1ccc(C)s1. The minimum Gasteiger partial charge on any atom is -0.496 e. The monoisotopic (exact) mass is 315 g/mol. The van der Waals surface area contributed by atoms with Crippen molar-refractivity contribution in [1.82, 2.24) is 10.6 Å². The summed E-state index contributed by atoms with van der Waals surface area (Å²) in [6.45, 7) is 4.58. The number of nitrogens with one attached hydrogen (secondary N) is 2. The molecule has 4 nitrogen and oxygen atoms in total. The van der Waals surface area contributed by atoms with Crippen molar-refractivity contribution in [3.8, 4) is 5.75 Å². The maximum absolute atomic E-state index is 5.41. The molecule has 2 heterocycles. The molecule has 0 bridgehead atoms. The number of thiophene rings is 1. The van der Waals surface area contributed by atoms with Crippen molar-refractivity contribution in [3.05, 3.63) is 51.7 Å². The molecule has 0 saturated carbocycles. The Balaban J connectivity index is 1.73. The van der Waals surface area contributed by atoms with E-state index in [1.165, 1.54) is 9.75 Å². The van der Waals surface area contributed by atoms with Gasteiger partial charge in [0.05, 0.1) is 19.7 Å². The summed E-state index contributed by atoms with van der Waals surface area (Å²) < 4.78 is 5.41. The second kappa shape index (κ2) is 6.94. The highest BCUT2D eigenvalue weighted by molar-refractivity contribution is 7.12. The molecule has 0 amide bonds. The maximum Gasteiger partial charge on any atom is 0.123 e. The van der Waals surface area contributed by atoms with E-state index in [2.05, 4.69) is 40.7 Å². The predicted octanol–water partition coefficient (Wildman–Crippen LogP) is 2.90. The van der Waals surface area contributed by atoms with Gasteiger partial charge < -0.3 is 15.4 Å². The number of para-hydroxylation sites is 1. The highest BCUT2D eigenvalue weighted by atomic mass is 32.1. The van der Waals surface area contributed by atoms with Crippen molar-refractivity contribution >= 4 is 17.2 Å². The van der Waals surface area contributed by atoms with E-state index >= 15 is 0 Å². The normalized spacial score (nSPS) is 17.9. The molecule has 116 valence electrons. The molecule has 0 fully saturated rings. The van der Waals surface area contributed by atoms with Crippen LogP contribution in [-0.4, -0.2) is 26.0 Å². The van der Waals surface area contributed by atoms with Gasteiger partial charge in [-0.05, 0) is 25.1 Å². The van der Waals surface area contributed by atoms with Crippen LogP contribution in [0, 0.1) is 6.92 Å². The summed E-state index contributed by atoms with van der Waals surface area (Å²) in [5, 5.41) is 7.03. The third kappa shape index (κ3) is 3.31. The predicted molar refractivity (Wildman–Crippen MR) is 91.9 cm³/mol.